The molecule has 1 heterocycles. The van der Waals surface area contributed by atoms with Gasteiger partial charge in [-0.3, -0.25) is 4.79 Å². The number of benzene rings is 1. The van der Waals surface area contributed by atoms with Crippen molar-refractivity contribution in [2.45, 2.75) is 32.7 Å². The van der Waals surface area contributed by atoms with Crippen LogP contribution in [0.5, 0.6) is 5.75 Å². The van der Waals surface area contributed by atoms with E-state index in [-0.39, 0.29) is 11.3 Å². The molecule has 2 N–H and O–H groups in total. The Morgan fingerprint density at radius 3 is 2.95 bits per heavy atom. The second kappa shape index (κ2) is 6.89. The summed E-state index contributed by atoms with van der Waals surface area (Å²) in [6.07, 6.45) is 1.97. The zero-order chi connectivity index (χ0) is 15.4. The minimum atomic E-state index is -0.664. The smallest absolute Gasteiger partial charge is 0.260 e. The van der Waals surface area contributed by atoms with Gasteiger partial charge in [-0.05, 0) is 37.4 Å². The molecule has 116 valence electrons. The van der Waals surface area contributed by atoms with Crippen molar-refractivity contribution in [1.29, 1.82) is 0 Å². The number of amides is 1. The number of piperidine rings is 1. The summed E-state index contributed by atoms with van der Waals surface area (Å²) in [6.45, 7) is 6.24. The van der Waals surface area contributed by atoms with Crippen LogP contribution >= 0.6 is 0 Å². The molecule has 0 aromatic heterocycles. The highest BCUT2D eigenvalue weighted by molar-refractivity contribution is 5.97. The Morgan fingerprint density at radius 1 is 1.52 bits per heavy atom. The number of carbonyl (C=O) groups excluding carboxylic acids is 1. The van der Waals surface area contributed by atoms with Gasteiger partial charge in [-0.15, -0.1) is 0 Å². The standard InChI is InChI=1S/C16H23FN2O2/c1-11(2)18-9-12-5-4-8-19(10-12)16(21)15-13(17)6-3-7-14(15)20/h3,6-7,11-12,18,20H,4-5,8-10H2,1-2H3. The molecule has 1 aromatic carbocycles. The number of hydrogen-bond acceptors (Lipinski definition) is 3. The molecule has 0 bridgehead atoms. The van der Waals surface area contributed by atoms with Crippen LogP contribution in [0.15, 0.2) is 18.2 Å². The van der Waals surface area contributed by atoms with Gasteiger partial charge >= 0.3 is 0 Å². The van der Waals surface area contributed by atoms with Crippen molar-refractivity contribution in [3.8, 4) is 5.75 Å². The predicted octanol–water partition coefficient (Wildman–Crippen LogP) is 2.38. The zero-order valence-electron chi connectivity index (χ0n) is 12.6. The van der Waals surface area contributed by atoms with Crippen molar-refractivity contribution in [2.75, 3.05) is 19.6 Å². The fourth-order valence-electron chi connectivity index (χ4n) is 2.70. The maximum Gasteiger partial charge on any atom is 0.260 e. The lowest BCUT2D eigenvalue weighted by Gasteiger charge is -2.33. The molecule has 0 saturated carbocycles. The molecule has 1 fully saturated rings. The van der Waals surface area contributed by atoms with Crippen molar-refractivity contribution < 1.29 is 14.3 Å². The van der Waals surface area contributed by atoms with E-state index in [0.29, 0.717) is 25.0 Å². The first-order valence-electron chi connectivity index (χ1n) is 7.49. The highest BCUT2D eigenvalue weighted by Gasteiger charge is 2.27. The molecule has 1 amide bonds. The predicted molar refractivity (Wildman–Crippen MR) is 79.8 cm³/mol. The summed E-state index contributed by atoms with van der Waals surface area (Å²) in [4.78, 5) is 14.1. The van der Waals surface area contributed by atoms with Crippen LogP contribution in [0.1, 0.15) is 37.0 Å². The zero-order valence-corrected chi connectivity index (χ0v) is 12.6. The average Bonchev–Trinajstić information content (AvgIpc) is 2.45. The molecule has 21 heavy (non-hydrogen) atoms. The lowest BCUT2D eigenvalue weighted by Crippen LogP contribution is -2.44. The summed E-state index contributed by atoms with van der Waals surface area (Å²) in [5.74, 6) is -0.997. The molecular weight excluding hydrogens is 271 g/mol. The number of likely N-dealkylation sites (tertiary alicyclic amines) is 1. The van der Waals surface area contributed by atoms with E-state index < -0.39 is 11.7 Å². The number of phenols is 1. The first-order valence-corrected chi connectivity index (χ1v) is 7.49. The molecule has 1 aliphatic heterocycles. The minimum absolute atomic E-state index is 0.213. The van der Waals surface area contributed by atoms with E-state index in [1.54, 1.807) is 4.90 Å². The average molecular weight is 294 g/mol. The number of aromatic hydroxyl groups is 1. The summed E-state index contributed by atoms with van der Waals surface area (Å²) in [5.41, 5.74) is -0.213. The molecule has 0 aliphatic carbocycles. The maximum absolute atomic E-state index is 13.8. The molecule has 5 heteroatoms. The Balaban J connectivity index is 2.05. The molecule has 0 spiro atoms. The van der Waals surface area contributed by atoms with Gasteiger partial charge in [-0.25, -0.2) is 4.39 Å². The van der Waals surface area contributed by atoms with Crippen LogP contribution in [0.25, 0.3) is 0 Å². The first-order chi connectivity index (χ1) is 9.99. The van der Waals surface area contributed by atoms with Crippen LogP contribution < -0.4 is 5.32 Å². The van der Waals surface area contributed by atoms with E-state index in [1.807, 2.05) is 0 Å². The van der Waals surface area contributed by atoms with Gasteiger partial charge in [0.1, 0.15) is 17.1 Å². The minimum Gasteiger partial charge on any atom is -0.507 e. The molecule has 1 aliphatic rings. The van der Waals surface area contributed by atoms with Crippen molar-refractivity contribution in [3.05, 3.63) is 29.6 Å². The second-order valence-corrected chi connectivity index (χ2v) is 5.96. The molecule has 4 nitrogen and oxygen atoms in total. The number of halogens is 1. The monoisotopic (exact) mass is 294 g/mol. The van der Waals surface area contributed by atoms with E-state index in [4.69, 9.17) is 0 Å². The van der Waals surface area contributed by atoms with Gasteiger partial charge in [0.25, 0.3) is 5.91 Å². The molecule has 1 atom stereocenters. The van der Waals surface area contributed by atoms with Crippen LogP contribution in [0.3, 0.4) is 0 Å². The van der Waals surface area contributed by atoms with Gasteiger partial charge in [-0.2, -0.15) is 0 Å². The number of nitrogens with one attached hydrogen (secondary N) is 1. The third kappa shape index (κ3) is 3.94. The Labute approximate surface area is 125 Å². The summed E-state index contributed by atoms with van der Waals surface area (Å²) in [7, 11) is 0. The van der Waals surface area contributed by atoms with E-state index in [0.717, 1.165) is 19.4 Å². The normalized spacial score (nSPS) is 19.0. The van der Waals surface area contributed by atoms with Crippen molar-refractivity contribution in [2.24, 2.45) is 5.92 Å². The maximum atomic E-state index is 13.8. The fourth-order valence-corrected chi connectivity index (χ4v) is 2.70. The van der Waals surface area contributed by atoms with Gasteiger partial charge in [-0.1, -0.05) is 19.9 Å². The number of rotatable bonds is 4. The lowest BCUT2D eigenvalue weighted by molar-refractivity contribution is 0.0664. The van der Waals surface area contributed by atoms with E-state index >= 15 is 0 Å². The fraction of sp³-hybridized carbons (Fsp3) is 0.562. The molecule has 1 saturated heterocycles. The summed E-state index contributed by atoms with van der Waals surface area (Å²) in [5, 5.41) is 13.1. The van der Waals surface area contributed by atoms with Gasteiger partial charge in [0.15, 0.2) is 0 Å². The Kier molecular flexibility index (Phi) is 5.17. The van der Waals surface area contributed by atoms with E-state index in [9.17, 15) is 14.3 Å². The van der Waals surface area contributed by atoms with Crippen LogP contribution in [0.2, 0.25) is 0 Å². The van der Waals surface area contributed by atoms with Crippen LogP contribution in [-0.2, 0) is 0 Å². The highest BCUT2D eigenvalue weighted by Crippen LogP contribution is 2.24. The van der Waals surface area contributed by atoms with Crippen molar-refractivity contribution in [1.82, 2.24) is 10.2 Å². The Bertz CT molecular complexity index is 485. The molecular formula is C16H23FN2O2. The quantitative estimate of drug-likeness (QED) is 0.896. The Hall–Kier alpha value is -1.62. The third-order valence-electron chi connectivity index (χ3n) is 3.83. The van der Waals surface area contributed by atoms with Gasteiger partial charge < -0.3 is 15.3 Å². The lowest BCUT2D eigenvalue weighted by atomic mass is 9.97. The SMILES string of the molecule is CC(C)NCC1CCCN(C(=O)c2c(O)cccc2F)C1. The van der Waals surface area contributed by atoms with Crippen molar-refractivity contribution >= 4 is 5.91 Å². The molecule has 2 rings (SSSR count). The van der Waals surface area contributed by atoms with Crippen LogP contribution in [-0.4, -0.2) is 41.6 Å². The van der Waals surface area contributed by atoms with E-state index in [2.05, 4.69) is 19.2 Å². The number of nitrogens with zero attached hydrogens (tertiary/aromatic N) is 1. The molecule has 0 radical (unpaired) electrons. The van der Waals surface area contributed by atoms with Gasteiger partial charge in [0.05, 0.1) is 0 Å². The Morgan fingerprint density at radius 2 is 2.29 bits per heavy atom. The highest BCUT2D eigenvalue weighted by atomic mass is 19.1. The van der Waals surface area contributed by atoms with Crippen LogP contribution in [0, 0.1) is 11.7 Å². The molecule has 1 aromatic rings. The number of carbonyl (C=O) groups is 1. The largest absolute Gasteiger partial charge is 0.507 e. The molecule has 1 unspecified atom stereocenters. The van der Waals surface area contributed by atoms with Crippen LogP contribution in [0.4, 0.5) is 4.39 Å². The topological polar surface area (TPSA) is 52.6 Å². The summed E-state index contributed by atoms with van der Waals surface area (Å²) >= 11 is 0. The number of hydrogen-bond donors (Lipinski definition) is 2. The van der Waals surface area contributed by atoms with Crippen molar-refractivity contribution in [3.63, 3.8) is 0 Å². The summed E-state index contributed by atoms with van der Waals surface area (Å²) in [6, 6.07) is 4.35. The van der Waals surface area contributed by atoms with Gasteiger partial charge in [0.2, 0.25) is 0 Å². The third-order valence-corrected chi connectivity index (χ3v) is 3.83. The second-order valence-electron chi connectivity index (χ2n) is 5.96. The van der Waals surface area contributed by atoms with E-state index in [1.165, 1.54) is 18.2 Å². The summed E-state index contributed by atoms with van der Waals surface area (Å²) < 4.78 is 13.8. The van der Waals surface area contributed by atoms with Gasteiger partial charge in [0, 0.05) is 19.1 Å². The first kappa shape index (κ1) is 15.8. The number of phenolic OH excluding ortho intramolecular Hbond substituents is 1.